The number of thiazole rings is 1. The van der Waals surface area contributed by atoms with Crippen LogP contribution >= 0.6 is 11.3 Å². The fraction of sp³-hybridized carbons (Fsp3) is 0.500. The zero-order valence-electron chi connectivity index (χ0n) is 11.2. The van der Waals surface area contributed by atoms with Crippen LogP contribution in [0.4, 0.5) is 0 Å². The van der Waals surface area contributed by atoms with Crippen molar-refractivity contribution in [2.45, 2.75) is 39.5 Å². The Morgan fingerprint density at radius 3 is 2.74 bits per heavy atom. The Bertz CT molecular complexity index is 558. The SMILES string of the molecule is CCOC(=O)c1sc(C(C#N)=C2CCCC2)nc1C. The second kappa shape index (κ2) is 5.98. The van der Waals surface area contributed by atoms with Gasteiger partial charge in [0.2, 0.25) is 0 Å². The van der Waals surface area contributed by atoms with Crippen LogP contribution in [0.2, 0.25) is 0 Å². The van der Waals surface area contributed by atoms with Gasteiger partial charge in [-0.15, -0.1) is 11.3 Å². The van der Waals surface area contributed by atoms with Gasteiger partial charge in [0.1, 0.15) is 16.0 Å². The lowest BCUT2D eigenvalue weighted by atomic mass is 10.1. The molecule has 0 amide bonds. The van der Waals surface area contributed by atoms with Crippen molar-refractivity contribution in [2.24, 2.45) is 0 Å². The number of nitriles is 1. The van der Waals surface area contributed by atoms with Crippen LogP contribution in [-0.2, 0) is 4.74 Å². The van der Waals surface area contributed by atoms with Gasteiger partial charge in [0, 0.05) is 0 Å². The van der Waals surface area contributed by atoms with E-state index in [1.165, 1.54) is 16.9 Å². The minimum atomic E-state index is -0.350. The van der Waals surface area contributed by atoms with Crippen molar-refractivity contribution in [1.29, 1.82) is 5.26 Å². The summed E-state index contributed by atoms with van der Waals surface area (Å²) >= 11 is 1.26. The Morgan fingerprint density at radius 2 is 2.16 bits per heavy atom. The van der Waals surface area contributed by atoms with Crippen molar-refractivity contribution in [1.82, 2.24) is 4.98 Å². The summed E-state index contributed by atoms with van der Waals surface area (Å²) in [7, 11) is 0. The van der Waals surface area contributed by atoms with Gasteiger partial charge in [-0.3, -0.25) is 0 Å². The second-order valence-corrected chi connectivity index (χ2v) is 5.45. The maximum absolute atomic E-state index is 11.8. The van der Waals surface area contributed by atoms with Crippen LogP contribution < -0.4 is 0 Å². The second-order valence-electron chi connectivity index (χ2n) is 4.45. The average Bonchev–Trinajstić information content (AvgIpc) is 3.01. The van der Waals surface area contributed by atoms with E-state index in [9.17, 15) is 10.1 Å². The molecule has 0 saturated heterocycles. The first kappa shape index (κ1) is 13.8. The molecule has 0 spiro atoms. The number of nitrogens with zero attached hydrogens (tertiary/aromatic N) is 2. The molecule has 2 rings (SSSR count). The lowest BCUT2D eigenvalue weighted by Gasteiger charge is -1.99. The third-order valence-electron chi connectivity index (χ3n) is 3.14. The van der Waals surface area contributed by atoms with E-state index in [0.717, 1.165) is 25.7 Å². The summed E-state index contributed by atoms with van der Waals surface area (Å²) < 4.78 is 4.99. The molecule has 19 heavy (non-hydrogen) atoms. The minimum Gasteiger partial charge on any atom is -0.462 e. The van der Waals surface area contributed by atoms with Gasteiger partial charge in [0.25, 0.3) is 0 Å². The average molecular weight is 276 g/mol. The molecule has 4 nitrogen and oxygen atoms in total. The molecular formula is C14H16N2O2S. The molecule has 0 radical (unpaired) electrons. The highest BCUT2D eigenvalue weighted by molar-refractivity contribution is 7.14. The standard InChI is InChI=1S/C14H16N2O2S/c1-3-18-14(17)12-9(2)16-13(19-12)11(8-15)10-6-4-5-7-10/h3-7H2,1-2H3. The summed E-state index contributed by atoms with van der Waals surface area (Å²) in [6.07, 6.45) is 4.21. The third-order valence-corrected chi connectivity index (χ3v) is 4.30. The molecule has 1 aliphatic rings. The van der Waals surface area contributed by atoms with Crippen molar-refractivity contribution in [2.75, 3.05) is 6.61 Å². The molecular weight excluding hydrogens is 260 g/mol. The molecule has 1 saturated carbocycles. The molecule has 0 aliphatic heterocycles. The maximum Gasteiger partial charge on any atom is 0.350 e. The van der Waals surface area contributed by atoms with Gasteiger partial charge in [0.05, 0.1) is 17.9 Å². The Balaban J connectivity index is 2.36. The lowest BCUT2D eigenvalue weighted by Crippen LogP contribution is -2.03. The zero-order chi connectivity index (χ0) is 13.8. The number of rotatable bonds is 3. The summed E-state index contributed by atoms with van der Waals surface area (Å²) in [5.74, 6) is -0.350. The van der Waals surface area contributed by atoms with E-state index in [0.29, 0.717) is 27.8 Å². The van der Waals surface area contributed by atoms with Gasteiger partial charge >= 0.3 is 5.97 Å². The molecule has 1 fully saturated rings. The van der Waals surface area contributed by atoms with E-state index >= 15 is 0 Å². The number of hydrogen-bond acceptors (Lipinski definition) is 5. The van der Waals surface area contributed by atoms with Crippen LogP contribution in [0.25, 0.3) is 5.57 Å². The van der Waals surface area contributed by atoms with E-state index in [1.807, 2.05) is 0 Å². The van der Waals surface area contributed by atoms with Gasteiger partial charge in [0.15, 0.2) is 0 Å². The minimum absolute atomic E-state index is 0.345. The van der Waals surface area contributed by atoms with E-state index in [2.05, 4.69) is 11.1 Å². The van der Waals surface area contributed by atoms with Crippen molar-refractivity contribution in [3.8, 4) is 6.07 Å². The molecule has 1 aliphatic carbocycles. The van der Waals surface area contributed by atoms with Crippen LogP contribution in [0.1, 0.15) is 53.0 Å². The van der Waals surface area contributed by atoms with Crippen LogP contribution in [0, 0.1) is 18.3 Å². The topological polar surface area (TPSA) is 63.0 Å². The Morgan fingerprint density at radius 1 is 1.47 bits per heavy atom. The summed E-state index contributed by atoms with van der Waals surface area (Å²) in [4.78, 5) is 16.6. The number of allylic oxidation sites excluding steroid dienone is 2. The van der Waals surface area contributed by atoms with Gasteiger partial charge in [-0.25, -0.2) is 9.78 Å². The summed E-state index contributed by atoms with van der Waals surface area (Å²) in [6, 6.07) is 2.25. The highest BCUT2D eigenvalue weighted by atomic mass is 32.1. The van der Waals surface area contributed by atoms with Gasteiger partial charge < -0.3 is 4.74 Å². The maximum atomic E-state index is 11.8. The highest BCUT2D eigenvalue weighted by Crippen LogP contribution is 2.34. The van der Waals surface area contributed by atoms with E-state index in [4.69, 9.17) is 4.74 Å². The lowest BCUT2D eigenvalue weighted by molar-refractivity contribution is 0.0531. The van der Waals surface area contributed by atoms with Crippen LogP contribution in [0.15, 0.2) is 5.57 Å². The summed E-state index contributed by atoms with van der Waals surface area (Å²) in [5.41, 5.74) is 2.47. The van der Waals surface area contributed by atoms with Crippen molar-refractivity contribution in [3.05, 3.63) is 21.2 Å². The van der Waals surface area contributed by atoms with Crippen molar-refractivity contribution in [3.63, 3.8) is 0 Å². The first-order valence-electron chi connectivity index (χ1n) is 6.44. The predicted molar refractivity (Wildman–Crippen MR) is 73.8 cm³/mol. The molecule has 1 heterocycles. The van der Waals surface area contributed by atoms with Crippen molar-refractivity contribution >= 4 is 22.9 Å². The molecule has 0 unspecified atom stereocenters. The Labute approximate surface area is 116 Å². The number of aromatic nitrogens is 1. The molecule has 0 atom stereocenters. The zero-order valence-corrected chi connectivity index (χ0v) is 12.0. The quantitative estimate of drug-likeness (QED) is 0.626. The molecule has 100 valence electrons. The molecule has 5 heteroatoms. The third kappa shape index (κ3) is 2.85. The Kier molecular flexibility index (Phi) is 4.33. The number of esters is 1. The number of ether oxygens (including phenoxy) is 1. The number of hydrogen-bond donors (Lipinski definition) is 0. The largest absolute Gasteiger partial charge is 0.462 e. The molecule has 0 aromatic carbocycles. The monoisotopic (exact) mass is 276 g/mol. The predicted octanol–water partition coefficient (Wildman–Crippen LogP) is 3.48. The van der Waals surface area contributed by atoms with Gasteiger partial charge in [-0.1, -0.05) is 0 Å². The van der Waals surface area contributed by atoms with E-state index in [1.54, 1.807) is 13.8 Å². The number of carbonyl (C=O) groups is 1. The molecule has 0 bridgehead atoms. The number of carbonyl (C=O) groups excluding carboxylic acids is 1. The first-order chi connectivity index (χ1) is 9.17. The summed E-state index contributed by atoms with van der Waals surface area (Å²) in [5, 5.41) is 9.98. The fourth-order valence-electron chi connectivity index (χ4n) is 2.22. The van der Waals surface area contributed by atoms with Crippen LogP contribution in [-0.4, -0.2) is 17.6 Å². The van der Waals surface area contributed by atoms with Crippen molar-refractivity contribution < 1.29 is 9.53 Å². The molecule has 0 N–H and O–H groups in total. The summed E-state index contributed by atoms with van der Waals surface area (Å²) in [6.45, 7) is 3.90. The van der Waals surface area contributed by atoms with E-state index < -0.39 is 0 Å². The smallest absolute Gasteiger partial charge is 0.350 e. The van der Waals surface area contributed by atoms with Crippen LogP contribution in [0.5, 0.6) is 0 Å². The molecule has 1 aromatic heterocycles. The highest BCUT2D eigenvalue weighted by Gasteiger charge is 2.21. The first-order valence-corrected chi connectivity index (χ1v) is 7.26. The van der Waals surface area contributed by atoms with E-state index in [-0.39, 0.29) is 5.97 Å². The Hall–Kier alpha value is -1.67. The fourth-order valence-corrected chi connectivity index (χ4v) is 3.22. The molecule has 1 aromatic rings. The van der Waals surface area contributed by atoms with Crippen LogP contribution in [0.3, 0.4) is 0 Å². The van der Waals surface area contributed by atoms with Gasteiger partial charge in [-0.2, -0.15) is 5.26 Å². The van der Waals surface area contributed by atoms with Gasteiger partial charge in [-0.05, 0) is 45.1 Å². The number of aryl methyl sites for hydroxylation is 1. The normalized spacial score (nSPS) is 14.3.